The van der Waals surface area contributed by atoms with E-state index in [0.29, 0.717) is 0 Å². The lowest BCUT2D eigenvalue weighted by Gasteiger charge is -2.09. The Morgan fingerprint density at radius 3 is 1.10 bits per heavy atom. The van der Waals surface area contributed by atoms with Gasteiger partial charge in [-0.3, -0.25) is 0 Å². The summed E-state index contributed by atoms with van der Waals surface area (Å²) >= 11 is 0. The van der Waals surface area contributed by atoms with Crippen molar-refractivity contribution in [2.75, 3.05) is 0 Å². The third-order valence-electron chi connectivity index (χ3n) is 5.55. The lowest BCUT2D eigenvalue weighted by molar-refractivity contribution is 1.29. The van der Waals surface area contributed by atoms with Gasteiger partial charge in [0.25, 0.3) is 0 Å². The molecule has 0 bridgehead atoms. The summed E-state index contributed by atoms with van der Waals surface area (Å²) in [6, 6.07) is 42.5. The lowest BCUT2D eigenvalue weighted by atomic mass is 10.00. The fourth-order valence-electron chi connectivity index (χ4n) is 3.89. The van der Waals surface area contributed by atoms with Gasteiger partial charge in [-0.25, -0.2) is 4.98 Å². The van der Waals surface area contributed by atoms with E-state index in [0.717, 1.165) is 22.5 Å². The predicted octanol–water partition coefficient (Wildman–Crippen LogP) is 8.06. The van der Waals surface area contributed by atoms with Crippen LogP contribution in [0.4, 0.5) is 0 Å². The molecule has 0 N–H and O–H groups in total. The third kappa shape index (κ3) is 4.17. The van der Waals surface area contributed by atoms with Crippen LogP contribution in [0.1, 0.15) is 5.56 Å². The van der Waals surface area contributed by atoms with Crippen LogP contribution in [0.5, 0.6) is 0 Å². The van der Waals surface area contributed by atoms with Crippen LogP contribution in [-0.4, -0.2) is 4.98 Å². The Bertz CT molecular complexity index is 1190. The highest BCUT2D eigenvalue weighted by Crippen LogP contribution is 2.28. The minimum atomic E-state index is 1.00. The molecule has 0 radical (unpaired) electrons. The lowest BCUT2D eigenvalue weighted by Crippen LogP contribution is -1.91. The quantitative estimate of drug-likeness (QED) is 0.299. The molecule has 4 aromatic carbocycles. The number of nitrogens with zero attached hydrogens (tertiary/aromatic N) is 1. The number of hydrogen-bond donors (Lipinski definition) is 0. The number of aryl methyl sites for hydroxylation is 1. The molecule has 1 heteroatoms. The smallest absolute Gasteiger partial charge is 0.0712 e. The SMILES string of the molecule is Cc1cc(-c2ccc(-c3ccccc3)cc2)nc(-c2ccc(-c3ccccc3)cc2)c1. The van der Waals surface area contributed by atoms with Gasteiger partial charge in [-0.15, -0.1) is 0 Å². The molecule has 5 aromatic rings. The molecule has 1 aromatic heterocycles. The Morgan fingerprint density at radius 1 is 0.387 bits per heavy atom. The van der Waals surface area contributed by atoms with Crippen molar-refractivity contribution in [1.29, 1.82) is 0 Å². The number of pyridine rings is 1. The zero-order valence-electron chi connectivity index (χ0n) is 17.5. The van der Waals surface area contributed by atoms with E-state index in [2.05, 4.69) is 116 Å². The molecule has 1 nitrogen and oxygen atoms in total. The Hall–Kier alpha value is -3.97. The van der Waals surface area contributed by atoms with Gasteiger partial charge < -0.3 is 0 Å². The topological polar surface area (TPSA) is 12.9 Å². The van der Waals surface area contributed by atoms with Gasteiger partial charge in [0.15, 0.2) is 0 Å². The highest BCUT2D eigenvalue weighted by molar-refractivity contribution is 5.73. The second-order valence-electron chi connectivity index (χ2n) is 7.80. The fraction of sp³-hybridized carbons (Fsp3) is 0.0333. The van der Waals surface area contributed by atoms with Gasteiger partial charge in [0, 0.05) is 11.1 Å². The summed E-state index contributed by atoms with van der Waals surface area (Å²) in [5.74, 6) is 0. The van der Waals surface area contributed by atoms with Crippen LogP contribution < -0.4 is 0 Å². The predicted molar refractivity (Wildman–Crippen MR) is 131 cm³/mol. The number of aromatic nitrogens is 1. The maximum absolute atomic E-state index is 4.98. The number of rotatable bonds is 4. The summed E-state index contributed by atoms with van der Waals surface area (Å²) in [5.41, 5.74) is 10.4. The van der Waals surface area contributed by atoms with Crippen LogP contribution >= 0.6 is 0 Å². The molecule has 0 unspecified atom stereocenters. The van der Waals surface area contributed by atoms with Crippen LogP contribution in [0.2, 0.25) is 0 Å². The zero-order valence-corrected chi connectivity index (χ0v) is 17.5. The minimum absolute atomic E-state index is 1.00. The molecule has 0 fully saturated rings. The molecular formula is C30H23N. The van der Waals surface area contributed by atoms with Crippen molar-refractivity contribution in [3.63, 3.8) is 0 Å². The molecule has 0 amide bonds. The van der Waals surface area contributed by atoms with Crippen LogP contribution in [-0.2, 0) is 0 Å². The van der Waals surface area contributed by atoms with Gasteiger partial charge in [-0.05, 0) is 46.9 Å². The summed E-state index contributed by atoms with van der Waals surface area (Å²) in [6.45, 7) is 2.13. The average molecular weight is 398 g/mol. The first-order valence-corrected chi connectivity index (χ1v) is 10.6. The second-order valence-corrected chi connectivity index (χ2v) is 7.80. The Kier molecular flexibility index (Phi) is 5.16. The minimum Gasteiger partial charge on any atom is -0.248 e. The van der Waals surface area contributed by atoms with E-state index in [9.17, 15) is 0 Å². The highest BCUT2D eigenvalue weighted by Gasteiger charge is 2.07. The van der Waals surface area contributed by atoms with Crippen LogP contribution in [0.25, 0.3) is 44.8 Å². The van der Waals surface area contributed by atoms with Crippen molar-refractivity contribution >= 4 is 0 Å². The Morgan fingerprint density at radius 2 is 0.710 bits per heavy atom. The fourth-order valence-corrected chi connectivity index (χ4v) is 3.89. The largest absolute Gasteiger partial charge is 0.248 e. The van der Waals surface area contributed by atoms with Gasteiger partial charge in [-0.2, -0.15) is 0 Å². The standard InChI is InChI=1S/C30H23N/c1-22-20-29(27-16-12-25(13-17-27)23-8-4-2-5-9-23)31-30(21-22)28-18-14-26(15-19-28)24-10-6-3-7-11-24/h2-21H,1H3. The van der Waals surface area contributed by atoms with Gasteiger partial charge in [0.2, 0.25) is 0 Å². The van der Waals surface area contributed by atoms with E-state index < -0.39 is 0 Å². The Labute approximate surface area is 183 Å². The maximum Gasteiger partial charge on any atom is 0.0712 e. The summed E-state index contributed by atoms with van der Waals surface area (Å²) in [7, 11) is 0. The molecule has 0 saturated heterocycles. The molecule has 0 aliphatic rings. The van der Waals surface area contributed by atoms with Crippen molar-refractivity contribution in [2.45, 2.75) is 6.92 Å². The van der Waals surface area contributed by atoms with E-state index in [1.807, 2.05) is 12.1 Å². The summed E-state index contributed by atoms with van der Waals surface area (Å²) in [6.07, 6.45) is 0. The van der Waals surface area contributed by atoms with Crippen molar-refractivity contribution in [3.8, 4) is 44.8 Å². The molecule has 148 valence electrons. The van der Waals surface area contributed by atoms with Crippen molar-refractivity contribution < 1.29 is 0 Å². The zero-order chi connectivity index (χ0) is 21.0. The van der Waals surface area contributed by atoms with E-state index >= 15 is 0 Å². The summed E-state index contributed by atoms with van der Waals surface area (Å²) < 4.78 is 0. The molecule has 1 heterocycles. The van der Waals surface area contributed by atoms with Gasteiger partial charge >= 0.3 is 0 Å². The molecule has 0 aliphatic heterocycles. The summed E-state index contributed by atoms with van der Waals surface area (Å²) in [4.78, 5) is 4.98. The molecular weight excluding hydrogens is 374 g/mol. The second kappa shape index (κ2) is 8.41. The van der Waals surface area contributed by atoms with Crippen molar-refractivity contribution in [2.24, 2.45) is 0 Å². The average Bonchev–Trinajstić information content (AvgIpc) is 2.85. The molecule has 0 atom stereocenters. The highest BCUT2D eigenvalue weighted by atomic mass is 14.7. The molecule has 0 saturated carbocycles. The van der Waals surface area contributed by atoms with Gasteiger partial charge in [0.05, 0.1) is 11.4 Å². The molecule has 5 rings (SSSR count). The normalized spacial score (nSPS) is 10.7. The van der Waals surface area contributed by atoms with Crippen molar-refractivity contribution in [3.05, 3.63) is 127 Å². The van der Waals surface area contributed by atoms with Gasteiger partial charge in [0.1, 0.15) is 0 Å². The first-order valence-electron chi connectivity index (χ1n) is 10.6. The van der Waals surface area contributed by atoms with Crippen molar-refractivity contribution in [1.82, 2.24) is 4.98 Å². The van der Waals surface area contributed by atoms with E-state index in [4.69, 9.17) is 4.98 Å². The first kappa shape index (κ1) is 19.0. The van der Waals surface area contributed by atoms with E-state index in [-0.39, 0.29) is 0 Å². The van der Waals surface area contributed by atoms with Crippen LogP contribution in [0, 0.1) is 6.92 Å². The Balaban J connectivity index is 1.45. The third-order valence-corrected chi connectivity index (χ3v) is 5.55. The summed E-state index contributed by atoms with van der Waals surface area (Å²) in [5, 5.41) is 0. The van der Waals surface area contributed by atoms with E-state index in [1.54, 1.807) is 0 Å². The first-order chi connectivity index (χ1) is 15.3. The van der Waals surface area contributed by atoms with Crippen LogP contribution in [0.3, 0.4) is 0 Å². The molecule has 0 spiro atoms. The van der Waals surface area contributed by atoms with Gasteiger partial charge in [-0.1, -0.05) is 109 Å². The number of hydrogen-bond acceptors (Lipinski definition) is 1. The van der Waals surface area contributed by atoms with Crippen LogP contribution in [0.15, 0.2) is 121 Å². The molecule has 31 heavy (non-hydrogen) atoms. The monoisotopic (exact) mass is 397 g/mol. The number of benzene rings is 4. The molecule has 0 aliphatic carbocycles. The maximum atomic E-state index is 4.98. The van der Waals surface area contributed by atoms with E-state index in [1.165, 1.54) is 27.8 Å².